The molecule has 1 fully saturated rings. The Kier molecular flexibility index (Phi) is 6.10. The Bertz CT molecular complexity index is 652. The van der Waals surface area contributed by atoms with Gasteiger partial charge in [-0.15, -0.1) is 0 Å². The van der Waals surface area contributed by atoms with Crippen molar-refractivity contribution in [1.29, 1.82) is 0 Å². The zero-order chi connectivity index (χ0) is 19.5. The van der Waals surface area contributed by atoms with E-state index in [2.05, 4.69) is 9.97 Å². The summed E-state index contributed by atoms with van der Waals surface area (Å²) in [7, 11) is 1.49. The first kappa shape index (κ1) is 20.4. The highest BCUT2D eigenvalue weighted by atomic mass is 19.4. The third-order valence-electron chi connectivity index (χ3n) is 4.72. The molecule has 1 aromatic rings. The Morgan fingerprint density at radius 2 is 2.12 bits per heavy atom. The summed E-state index contributed by atoms with van der Waals surface area (Å²) in [6.45, 7) is 4.32. The van der Waals surface area contributed by atoms with Crippen LogP contribution in [-0.2, 0) is 15.7 Å². The summed E-state index contributed by atoms with van der Waals surface area (Å²) in [6.07, 6.45) is -3.35. The van der Waals surface area contributed by atoms with E-state index < -0.39 is 23.4 Å². The predicted molar refractivity (Wildman–Crippen MR) is 89.1 cm³/mol. The van der Waals surface area contributed by atoms with Crippen molar-refractivity contribution < 1.29 is 27.8 Å². The number of rotatable bonds is 6. The van der Waals surface area contributed by atoms with Crippen molar-refractivity contribution in [1.82, 2.24) is 9.97 Å². The van der Waals surface area contributed by atoms with Crippen molar-refractivity contribution in [2.45, 2.75) is 45.2 Å². The molecule has 146 valence electrons. The lowest BCUT2D eigenvalue weighted by Gasteiger charge is -2.40. The van der Waals surface area contributed by atoms with Crippen LogP contribution < -0.4 is 4.90 Å². The molecule has 1 atom stereocenters. The van der Waals surface area contributed by atoms with Gasteiger partial charge in [0.15, 0.2) is 0 Å². The summed E-state index contributed by atoms with van der Waals surface area (Å²) in [5, 5.41) is 9.71. The van der Waals surface area contributed by atoms with E-state index in [-0.39, 0.29) is 30.6 Å². The minimum atomic E-state index is -4.66. The van der Waals surface area contributed by atoms with Gasteiger partial charge in [-0.05, 0) is 25.2 Å². The van der Waals surface area contributed by atoms with Crippen molar-refractivity contribution >= 4 is 11.8 Å². The van der Waals surface area contributed by atoms with E-state index in [0.717, 1.165) is 0 Å². The van der Waals surface area contributed by atoms with Crippen LogP contribution in [0.5, 0.6) is 0 Å². The quantitative estimate of drug-likeness (QED) is 0.822. The molecule has 1 saturated heterocycles. The van der Waals surface area contributed by atoms with Gasteiger partial charge in [0.2, 0.25) is 5.82 Å². The Hall–Kier alpha value is -1.90. The summed E-state index contributed by atoms with van der Waals surface area (Å²) in [5.74, 6) is -2.24. The molecule has 0 saturated carbocycles. The van der Waals surface area contributed by atoms with Crippen LogP contribution in [0.15, 0.2) is 6.07 Å². The van der Waals surface area contributed by atoms with E-state index in [0.29, 0.717) is 25.8 Å². The fraction of sp³-hybridized carbons (Fsp3) is 0.706. The van der Waals surface area contributed by atoms with Gasteiger partial charge in [-0.1, -0.05) is 13.8 Å². The summed E-state index contributed by atoms with van der Waals surface area (Å²) < 4.78 is 44.5. The number of carbonyl (C=O) groups is 1. The van der Waals surface area contributed by atoms with E-state index in [1.807, 2.05) is 0 Å². The minimum Gasteiger partial charge on any atom is -0.481 e. The zero-order valence-corrected chi connectivity index (χ0v) is 15.1. The number of halogens is 3. The lowest BCUT2D eigenvalue weighted by atomic mass is 9.77. The monoisotopic (exact) mass is 375 g/mol. The standard InChI is InChI=1S/C17H24F3N3O3/c1-11(2)12-9-13(22-14(21-12)17(18,19)20)23-7-4-5-16(10-23,15(24)25)6-8-26-3/h9,11H,4-8,10H2,1-3H3,(H,24,25). The normalized spacial score (nSPS) is 21.3. The minimum absolute atomic E-state index is 0.0948. The predicted octanol–water partition coefficient (Wildman–Crippen LogP) is 3.33. The molecule has 26 heavy (non-hydrogen) atoms. The summed E-state index contributed by atoms with van der Waals surface area (Å²) in [5.41, 5.74) is -0.777. The van der Waals surface area contributed by atoms with Gasteiger partial charge in [-0.3, -0.25) is 4.79 Å². The average Bonchev–Trinajstić information content (AvgIpc) is 2.58. The molecule has 0 amide bonds. The number of hydrogen-bond donors (Lipinski definition) is 1. The number of carboxylic acid groups (broad SMARTS) is 1. The maximum atomic E-state index is 13.2. The second-order valence-corrected chi connectivity index (χ2v) is 6.98. The molecule has 0 bridgehead atoms. The molecule has 1 aliphatic rings. The first-order chi connectivity index (χ1) is 12.1. The SMILES string of the molecule is COCCC1(C(=O)O)CCCN(c2cc(C(C)C)nc(C(F)(F)F)n2)C1. The zero-order valence-electron chi connectivity index (χ0n) is 15.1. The van der Waals surface area contributed by atoms with Gasteiger partial charge in [-0.25, -0.2) is 9.97 Å². The maximum absolute atomic E-state index is 13.2. The largest absolute Gasteiger partial charge is 0.481 e. The van der Waals surface area contributed by atoms with E-state index in [9.17, 15) is 23.1 Å². The number of aliphatic carboxylic acids is 1. The van der Waals surface area contributed by atoms with Gasteiger partial charge in [0.1, 0.15) is 5.82 Å². The lowest BCUT2D eigenvalue weighted by Crippen LogP contribution is -2.49. The van der Waals surface area contributed by atoms with Gasteiger partial charge in [0.25, 0.3) is 0 Å². The molecule has 0 aromatic carbocycles. The van der Waals surface area contributed by atoms with Crippen LogP contribution in [0.3, 0.4) is 0 Å². The molecule has 0 spiro atoms. The first-order valence-corrected chi connectivity index (χ1v) is 8.52. The molecule has 9 heteroatoms. The molecule has 1 aromatic heterocycles. The van der Waals surface area contributed by atoms with Crippen molar-refractivity contribution in [3.8, 4) is 0 Å². The molecule has 6 nitrogen and oxygen atoms in total. The third-order valence-corrected chi connectivity index (χ3v) is 4.72. The van der Waals surface area contributed by atoms with Gasteiger partial charge >= 0.3 is 12.1 Å². The van der Waals surface area contributed by atoms with Crippen LogP contribution >= 0.6 is 0 Å². The second kappa shape index (κ2) is 7.77. The molecular weight excluding hydrogens is 351 g/mol. The molecule has 1 unspecified atom stereocenters. The number of methoxy groups -OCH3 is 1. The van der Waals surface area contributed by atoms with Gasteiger partial charge in [0, 0.05) is 38.6 Å². The Balaban J connectivity index is 2.40. The summed E-state index contributed by atoms with van der Waals surface area (Å²) in [4.78, 5) is 20.8. The van der Waals surface area contributed by atoms with Crippen LogP contribution in [0.2, 0.25) is 0 Å². The maximum Gasteiger partial charge on any atom is 0.451 e. The number of alkyl halides is 3. The average molecular weight is 375 g/mol. The van der Waals surface area contributed by atoms with Crippen LogP contribution in [-0.4, -0.2) is 47.8 Å². The number of hydrogen-bond acceptors (Lipinski definition) is 5. The van der Waals surface area contributed by atoms with Crippen molar-refractivity contribution in [2.24, 2.45) is 5.41 Å². The second-order valence-electron chi connectivity index (χ2n) is 6.98. The van der Waals surface area contributed by atoms with Crippen LogP contribution in [0.25, 0.3) is 0 Å². The molecule has 2 heterocycles. The van der Waals surface area contributed by atoms with Gasteiger partial charge in [-0.2, -0.15) is 13.2 Å². The Labute approximate surface area is 150 Å². The highest BCUT2D eigenvalue weighted by Crippen LogP contribution is 2.37. The topological polar surface area (TPSA) is 75.6 Å². The van der Waals surface area contributed by atoms with E-state index in [1.165, 1.54) is 13.2 Å². The van der Waals surface area contributed by atoms with E-state index >= 15 is 0 Å². The fourth-order valence-electron chi connectivity index (χ4n) is 3.15. The third kappa shape index (κ3) is 4.44. The van der Waals surface area contributed by atoms with Crippen LogP contribution in [0, 0.1) is 5.41 Å². The Morgan fingerprint density at radius 3 is 2.65 bits per heavy atom. The number of carboxylic acids is 1. The van der Waals surface area contributed by atoms with Crippen molar-refractivity contribution in [2.75, 3.05) is 31.7 Å². The fourth-order valence-corrected chi connectivity index (χ4v) is 3.15. The lowest BCUT2D eigenvalue weighted by molar-refractivity contribution is -0.151. The molecule has 1 N–H and O–H groups in total. The number of aromatic nitrogens is 2. The van der Waals surface area contributed by atoms with Crippen molar-refractivity contribution in [3.05, 3.63) is 17.6 Å². The first-order valence-electron chi connectivity index (χ1n) is 8.52. The Morgan fingerprint density at radius 1 is 1.42 bits per heavy atom. The number of ether oxygens (including phenoxy) is 1. The van der Waals surface area contributed by atoms with E-state index in [1.54, 1.807) is 18.7 Å². The number of nitrogens with zero attached hydrogens (tertiary/aromatic N) is 3. The number of piperidine rings is 1. The molecule has 2 rings (SSSR count). The number of anilines is 1. The van der Waals surface area contributed by atoms with Gasteiger partial charge < -0.3 is 14.7 Å². The molecule has 0 aliphatic carbocycles. The molecule has 0 radical (unpaired) electrons. The van der Waals surface area contributed by atoms with Crippen molar-refractivity contribution in [3.63, 3.8) is 0 Å². The highest BCUT2D eigenvalue weighted by molar-refractivity contribution is 5.76. The van der Waals surface area contributed by atoms with Crippen LogP contribution in [0.1, 0.15) is 50.5 Å². The van der Waals surface area contributed by atoms with Gasteiger partial charge in [0.05, 0.1) is 5.41 Å². The highest BCUT2D eigenvalue weighted by Gasteiger charge is 2.43. The van der Waals surface area contributed by atoms with E-state index in [4.69, 9.17) is 4.74 Å². The molecular formula is C17H24F3N3O3. The summed E-state index contributed by atoms with van der Waals surface area (Å²) in [6, 6.07) is 1.52. The smallest absolute Gasteiger partial charge is 0.451 e. The molecule has 1 aliphatic heterocycles. The summed E-state index contributed by atoms with van der Waals surface area (Å²) >= 11 is 0. The van der Waals surface area contributed by atoms with Crippen LogP contribution in [0.4, 0.5) is 19.0 Å².